The second-order valence-corrected chi connectivity index (χ2v) is 5.07. The first-order valence-corrected chi connectivity index (χ1v) is 6.90. The molecule has 0 bridgehead atoms. The molecule has 1 N–H and O–H groups in total. The van der Waals surface area contributed by atoms with Crippen LogP contribution in [-0.2, 0) is 6.54 Å². The van der Waals surface area contributed by atoms with Crippen LogP contribution in [0, 0.1) is 5.82 Å². The maximum Gasteiger partial charge on any atom is 0.165 e. The minimum absolute atomic E-state index is 0.224. The van der Waals surface area contributed by atoms with Crippen LogP contribution < -0.4 is 14.8 Å². The molecule has 0 aliphatic rings. The maximum absolute atomic E-state index is 13.2. The first-order chi connectivity index (χ1) is 10.1. The molecule has 0 heterocycles. The second-order valence-electron chi connectivity index (χ2n) is 4.25. The van der Waals surface area contributed by atoms with E-state index in [4.69, 9.17) is 32.7 Å². The summed E-state index contributed by atoms with van der Waals surface area (Å²) in [6, 6.07) is 7.96. The fraction of sp³-hybridized carbons (Fsp3) is 0.200. The van der Waals surface area contributed by atoms with E-state index in [2.05, 4.69) is 5.32 Å². The zero-order valence-corrected chi connectivity index (χ0v) is 13.1. The average Bonchev–Trinajstić information content (AvgIpc) is 2.45. The van der Waals surface area contributed by atoms with Gasteiger partial charge in [-0.2, -0.15) is 0 Å². The zero-order chi connectivity index (χ0) is 15.4. The number of hydrogen-bond acceptors (Lipinski definition) is 3. The van der Waals surface area contributed by atoms with Gasteiger partial charge in [0.1, 0.15) is 5.82 Å². The molecule has 21 heavy (non-hydrogen) atoms. The Balaban J connectivity index is 2.25. The highest BCUT2D eigenvalue weighted by Gasteiger charge is 2.12. The van der Waals surface area contributed by atoms with Crippen molar-refractivity contribution in [2.75, 3.05) is 19.5 Å². The van der Waals surface area contributed by atoms with Crippen molar-refractivity contribution < 1.29 is 13.9 Å². The normalized spacial score (nSPS) is 10.3. The van der Waals surface area contributed by atoms with E-state index < -0.39 is 5.82 Å². The van der Waals surface area contributed by atoms with Crippen molar-refractivity contribution in [1.29, 1.82) is 0 Å². The van der Waals surface area contributed by atoms with Crippen LogP contribution in [0.25, 0.3) is 0 Å². The molecule has 0 amide bonds. The topological polar surface area (TPSA) is 30.5 Å². The third kappa shape index (κ3) is 3.52. The van der Waals surface area contributed by atoms with E-state index in [0.29, 0.717) is 23.7 Å². The molecule has 0 saturated heterocycles. The van der Waals surface area contributed by atoms with Crippen LogP contribution in [0.15, 0.2) is 30.3 Å². The monoisotopic (exact) mass is 329 g/mol. The van der Waals surface area contributed by atoms with Crippen molar-refractivity contribution in [2.24, 2.45) is 0 Å². The van der Waals surface area contributed by atoms with Gasteiger partial charge in [-0.3, -0.25) is 0 Å². The standard InChI is InChI=1S/C15H14Cl2FNO2/c1-20-13-5-3-4-9(15(13)21-2)8-19-14-11(16)6-10(18)7-12(14)17/h3-7,19H,8H2,1-2H3. The number of methoxy groups -OCH3 is 2. The number of ether oxygens (including phenoxy) is 2. The molecule has 0 aliphatic heterocycles. The molecule has 2 aromatic rings. The fourth-order valence-corrected chi connectivity index (χ4v) is 2.58. The molecule has 0 radical (unpaired) electrons. The summed E-state index contributed by atoms with van der Waals surface area (Å²) in [5, 5.41) is 3.53. The van der Waals surface area contributed by atoms with Gasteiger partial charge in [0.05, 0.1) is 30.0 Å². The minimum atomic E-state index is -0.477. The molecule has 0 saturated carbocycles. The number of rotatable bonds is 5. The van der Waals surface area contributed by atoms with Gasteiger partial charge in [0.25, 0.3) is 0 Å². The lowest BCUT2D eigenvalue weighted by Gasteiger charge is -2.15. The van der Waals surface area contributed by atoms with Gasteiger partial charge in [0.2, 0.25) is 0 Å². The van der Waals surface area contributed by atoms with E-state index in [9.17, 15) is 4.39 Å². The molecular weight excluding hydrogens is 316 g/mol. The Kier molecular flexibility index (Phi) is 5.15. The van der Waals surface area contributed by atoms with Crippen molar-refractivity contribution in [1.82, 2.24) is 0 Å². The lowest BCUT2D eigenvalue weighted by molar-refractivity contribution is 0.352. The van der Waals surface area contributed by atoms with Crippen LogP contribution in [0.5, 0.6) is 11.5 Å². The smallest absolute Gasteiger partial charge is 0.165 e. The maximum atomic E-state index is 13.2. The predicted octanol–water partition coefficient (Wildman–Crippen LogP) is 4.76. The van der Waals surface area contributed by atoms with Crippen LogP contribution in [0.2, 0.25) is 10.0 Å². The molecule has 0 spiro atoms. The van der Waals surface area contributed by atoms with Crippen molar-refractivity contribution in [3.8, 4) is 11.5 Å². The molecule has 0 aliphatic carbocycles. The van der Waals surface area contributed by atoms with E-state index >= 15 is 0 Å². The van der Waals surface area contributed by atoms with Gasteiger partial charge < -0.3 is 14.8 Å². The molecule has 0 unspecified atom stereocenters. The summed E-state index contributed by atoms with van der Waals surface area (Å²) in [7, 11) is 3.14. The first kappa shape index (κ1) is 15.7. The molecule has 3 nitrogen and oxygen atoms in total. The van der Waals surface area contributed by atoms with Gasteiger partial charge >= 0.3 is 0 Å². The van der Waals surface area contributed by atoms with Crippen LogP contribution >= 0.6 is 23.2 Å². The highest BCUT2D eigenvalue weighted by molar-refractivity contribution is 6.39. The number of benzene rings is 2. The van der Waals surface area contributed by atoms with Crippen LogP contribution in [0.4, 0.5) is 10.1 Å². The Bertz CT molecular complexity index is 627. The van der Waals surface area contributed by atoms with Crippen LogP contribution in [0.3, 0.4) is 0 Å². The van der Waals surface area contributed by atoms with Crippen molar-refractivity contribution in [3.05, 3.63) is 51.8 Å². The van der Waals surface area contributed by atoms with Crippen molar-refractivity contribution in [3.63, 3.8) is 0 Å². The van der Waals surface area contributed by atoms with Gasteiger partial charge in [-0.05, 0) is 18.2 Å². The number of nitrogens with one attached hydrogen (secondary N) is 1. The largest absolute Gasteiger partial charge is 0.493 e. The van der Waals surface area contributed by atoms with E-state index in [1.807, 2.05) is 12.1 Å². The third-order valence-corrected chi connectivity index (χ3v) is 3.54. The third-order valence-electron chi connectivity index (χ3n) is 2.95. The van der Waals surface area contributed by atoms with Gasteiger partial charge in [0.15, 0.2) is 11.5 Å². The molecular formula is C15H14Cl2FNO2. The molecule has 6 heteroatoms. The minimum Gasteiger partial charge on any atom is -0.493 e. The van der Waals surface area contributed by atoms with Gasteiger partial charge in [-0.25, -0.2) is 4.39 Å². The van der Waals surface area contributed by atoms with E-state index in [1.165, 1.54) is 12.1 Å². The first-order valence-electron chi connectivity index (χ1n) is 6.15. The summed E-state index contributed by atoms with van der Waals surface area (Å²) in [5.41, 5.74) is 1.35. The Morgan fingerprint density at radius 1 is 1.10 bits per heavy atom. The molecule has 0 fully saturated rings. The zero-order valence-electron chi connectivity index (χ0n) is 11.5. The number of hydrogen-bond donors (Lipinski definition) is 1. The van der Waals surface area contributed by atoms with E-state index in [-0.39, 0.29) is 10.0 Å². The quantitative estimate of drug-likeness (QED) is 0.857. The van der Waals surface area contributed by atoms with Crippen LogP contribution in [0.1, 0.15) is 5.56 Å². The Hall–Kier alpha value is -1.65. The van der Waals surface area contributed by atoms with Crippen molar-refractivity contribution >= 4 is 28.9 Å². The Morgan fingerprint density at radius 3 is 2.33 bits per heavy atom. The van der Waals surface area contributed by atoms with Gasteiger partial charge in [-0.1, -0.05) is 35.3 Å². The molecule has 2 aromatic carbocycles. The van der Waals surface area contributed by atoms with E-state index in [0.717, 1.165) is 5.56 Å². The number of halogens is 3. The Morgan fingerprint density at radius 2 is 1.76 bits per heavy atom. The SMILES string of the molecule is COc1cccc(CNc2c(Cl)cc(F)cc2Cl)c1OC. The molecule has 0 atom stereocenters. The van der Waals surface area contributed by atoms with Crippen molar-refractivity contribution in [2.45, 2.75) is 6.54 Å². The summed E-state index contributed by atoms with van der Waals surface area (Å²) in [4.78, 5) is 0. The highest BCUT2D eigenvalue weighted by atomic mass is 35.5. The molecule has 2 rings (SSSR count). The predicted molar refractivity (Wildman–Crippen MR) is 83.3 cm³/mol. The summed E-state index contributed by atoms with van der Waals surface area (Å²) in [5.74, 6) is 0.782. The van der Waals surface area contributed by atoms with E-state index in [1.54, 1.807) is 20.3 Å². The second kappa shape index (κ2) is 6.87. The summed E-state index contributed by atoms with van der Waals surface area (Å²) < 4.78 is 23.7. The lowest BCUT2D eigenvalue weighted by atomic mass is 10.1. The summed E-state index contributed by atoms with van der Waals surface area (Å²) >= 11 is 12.0. The number of anilines is 1. The fourth-order valence-electron chi connectivity index (χ4n) is 1.99. The summed E-state index contributed by atoms with van der Waals surface area (Å²) in [6.45, 7) is 0.408. The van der Waals surface area contributed by atoms with Gasteiger partial charge in [-0.15, -0.1) is 0 Å². The highest BCUT2D eigenvalue weighted by Crippen LogP contribution is 2.34. The summed E-state index contributed by atoms with van der Waals surface area (Å²) in [6.07, 6.45) is 0. The van der Waals surface area contributed by atoms with Gasteiger partial charge in [0, 0.05) is 12.1 Å². The Labute approximate surface area is 132 Å². The van der Waals surface area contributed by atoms with Crippen LogP contribution in [-0.4, -0.2) is 14.2 Å². The molecule has 0 aromatic heterocycles. The number of para-hydroxylation sites is 1. The molecule has 112 valence electrons. The average molecular weight is 330 g/mol. The lowest BCUT2D eigenvalue weighted by Crippen LogP contribution is -2.04.